The van der Waals surface area contributed by atoms with Gasteiger partial charge in [0.15, 0.2) is 0 Å². The van der Waals surface area contributed by atoms with Crippen molar-refractivity contribution in [3.8, 4) is 0 Å². The predicted octanol–water partition coefficient (Wildman–Crippen LogP) is 3.92. The van der Waals surface area contributed by atoms with Crippen molar-refractivity contribution in [2.45, 2.75) is 32.2 Å². The maximum absolute atomic E-state index is 12.2. The Labute approximate surface area is 140 Å². The Bertz CT molecular complexity index is 444. The second-order valence-electron chi connectivity index (χ2n) is 5.47. The lowest BCUT2D eigenvalue weighted by molar-refractivity contribution is 0.198. The Kier molecular flexibility index (Phi) is 6.90. The van der Waals surface area contributed by atoms with Crippen LogP contribution >= 0.6 is 27.7 Å². The van der Waals surface area contributed by atoms with Crippen LogP contribution in [0.15, 0.2) is 28.7 Å². The molecule has 116 valence electrons. The Morgan fingerprint density at radius 1 is 1.33 bits per heavy atom. The van der Waals surface area contributed by atoms with Crippen LogP contribution in [-0.4, -0.2) is 41.6 Å². The maximum Gasteiger partial charge on any atom is 0.317 e. The highest BCUT2D eigenvalue weighted by Gasteiger charge is 2.17. The van der Waals surface area contributed by atoms with Crippen molar-refractivity contribution in [1.29, 1.82) is 0 Å². The fourth-order valence-electron chi connectivity index (χ4n) is 2.36. The third-order valence-electron chi connectivity index (χ3n) is 3.66. The summed E-state index contributed by atoms with van der Waals surface area (Å²) in [6, 6.07) is 8.69. The molecule has 5 heteroatoms. The smallest absolute Gasteiger partial charge is 0.317 e. The van der Waals surface area contributed by atoms with E-state index >= 15 is 0 Å². The average Bonchev–Trinajstić information content (AvgIpc) is 2.76. The number of hydrogen-bond acceptors (Lipinski definition) is 2. The summed E-state index contributed by atoms with van der Waals surface area (Å²) in [4.78, 5) is 14.2. The van der Waals surface area contributed by atoms with Gasteiger partial charge in [-0.3, -0.25) is 0 Å². The number of benzene rings is 1. The number of carbonyl (C=O) groups is 1. The van der Waals surface area contributed by atoms with Crippen LogP contribution in [0.5, 0.6) is 0 Å². The molecule has 2 amide bonds. The second kappa shape index (κ2) is 8.69. The van der Waals surface area contributed by atoms with E-state index < -0.39 is 0 Å². The van der Waals surface area contributed by atoms with Crippen LogP contribution in [-0.2, 0) is 6.42 Å². The summed E-state index contributed by atoms with van der Waals surface area (Å²) >= 11 is 5.38. The number of aryl methyl sites for hydroxylation is 1. The molecule has 1 aliphatic rings. The predicted molar refractivity (Wildman–Crippen MR) is 94.0 cm³/mol. The van der Waals surface area contributed by atoms with Crippen molar-refractivity contribution in [2.24, 2.45) is 0 Å². The average molecular weight is 371 g/mol. The van der Waals surface area contributed by atoms with Crippen molar-refractivity contribution in [3.05, 3.63) is 34.3 Å². The molecule has 21 heavy (non-hydrogen) atoms. The van der Waals surface area contributed by atoms with E-state index in [0.717, 1.165) is 42.6 Å². The van der Waals surface area contributed by atoms with Crippen LogP contribution in [0, 0.1) is 0 Å². The summed E-state index contributed by atoms with van der Waals surface area (Å²) in [6.45, 7) is 3.84. The molecule has 0 aromatic heterocycles. The summed E-state index contributed by atoms with van der Waals surface area (Å²) in [5, 5.41) is 3.13. The molecular weight excluding hydrogens is 348 g/mol. The highest BCUT2D eigenvalue weighted by Crippen LogP contribution is 2.13. The van der Waals surface area contributed by atoms with Crippen LogP contribution in [0.1, 0.15) is 25.3 Å². The van der Waals surface area contributed by atoms with Gasteiger partial charge in [0.25, 0.3) is 0 Å². The molecule has 3 nitrogen and oxygen atoms in total. The topological polar surface area (TPSA) is 32.3 Å². The van der Waals surface area contributed by atoms with Crippen LogP contribution in [0.3, 0.4) is 0 Å². The molecule has 1 aromatic rings. The summed E-state index contributed by atoms with van der Waals surface area (Å²) in [7, 11) is 0. The molecule has 1 aromatic carbocycles. The molecule has 0 spiro atoms. The first kappa shape index (κ1) is 16.7. The Hall–Kier alpha value is -0.680. The molecule has 0 aliphatic carbocycles. The summed E-state index contributed by atoms with van der Waals surface area (Å²) in [5.41, 5.74) is 1.31. The number of thioether (sulfide) groups is 1. The van der Waals surface area contributed by atoms with E-state index in [1.807, 2.05) is 16.7 Å². The first-order chi connectivity index (χ1) is 10.1. The first-order valence-electron chi connectivity index (χ1n) is 7.53. The highest BCUT2D eigenvalue weighted by atomic mass is 79.9. The van der Waals surface area contributed by atoms with Crippen molar-refractivity contribution in [2.75, 3.05) is 24.6 Å². The van der Waals surface area contributed by atoms with E-state index in [1.54, 1.807) is 0 Å². The van der Waals surface area contributed by atoms with Crippen LogP contribution in [0.2, 0.25) is 0 Å². The zero-order valence-electron chi connectivity index (χ0n) is 12.5. The molecule has 1 heterocycles. The van der Waals surface area contributed by atoms with Crippen LogP contribution in [0.25, 0.3) is 0 Å². The zero-order valence-corrected chi connectivity index (χ0v) is 14.9. The molecular formula is C16H23BrN2OS. The molecule has 1 atom stereocenters. The normalized spacial score (nSPS) is 17.1. The fraction of sp³-hybridized carbons (Fsp3) is 0.562. The summed E-state index contributed by atoms with van der Waals surface area (Å²) < 4.78 is 1.10. The quantitative estimate of drug-likeness (QED) is 0.870. The largest absolute Gasteiger partial charge is 0.336 e. The summed E-state index contributed by atoms with van der Waals surface area (Å²) in [6.07, 6.45) is 3.06. The van der Waals surface area contributed by atoms with Crippen molar-refractivity contribution >= 4 is 33.7 Å². The molecule has 0 saturated carbocycles. The van der Waals surface area contributed by atoms with Crippen LogP contribution in [0.4, 0.5) is 4.79 Å². The monoisotopic (exact) mass is 370 g/mol. The van der Waals surface area contributed by atoms with Gasteiger partial charge < -0.3 is 10.2 Å². The van der Waals surface area contributed by atoms with Crippen molar-refractivity contribution in [1.82, 2.24) is 10.2 Å². The lowest BCUT2D eigenvalue weighted by Gasteiger charge is -2.23. The summed E-state index contributed by atoms with van der Waals surface area (Å²) in [5.74, 6) is 2.23. The molecule has 2 rings (SSSR count). The third-order valence-corrected chi connectivity index (χ3v) is 5.24. The molecule has 1 N–H and O–H groups in total. The molecule has 1 unspecified atom stereocenters. The maximum atomic E-state index is 12.2. The highest BCUT2D eigenvalue weighted by molar-refractivity contribution is 9.10. The number of rotatable bonds is 4. The number of amides is 2. The third kappa shape index (κ3) is 5.91. The first-order valence-corrected chi connectivity index (χ1v) is 9.47. The van der Waals surface area contributed by atoms with E-state index in [2.05, 4.69) is 52.4 Å². The van der Waals surface area contributed by atoms with Crippen molar-refractivity contribution in [3.63, 3.8) is 0 Å². The molecule has 0 radical (unpaired) electrons. The lowest BCUT2D eigenvalue weighted by Crippen LogP contribution is -2.44. The molecule has 1 saturated heterocycles. The van der Waals surface area contributed by atoms with E-state index in [9.17, 15) is 4.79 Å². The van der Waals surface area contributed by atoms with Gasteiger partial charge in [-0.2, -0.15) is 11.8 Å². The number of nitrogens with one attached hydrogen (secondary N) is 1. The standard InChI is InChI=1S/C16H23BrN2OS/c1-13(3-4-14-5-7-15(17)8-6-14)18-16(20)19-9-2-11-21-12-10-19/h5-8,13H,2-4,9-12H2,1H3,(H,18,20). The lowest BCUT2D eigenvalue weighted by atomic mass is 10.1. The van der Waals surface area contributed by atoms with Crippen molar-refractivity contribution < 1.29 is 4.79 Å². The fourth-order valence-corrected chi connectivity index (χ4v) is 3.51. The van der Waals surface area contributed by atoms with Gasteiger partial charge >= 0.3 is 6.03 Å². The van der Waals surface area contributed by atoms with Gasteiger partial charge in [0.2, 0.25) is 0 Å². The molecule has 0 bridgehead atoms. The number of urea groups is 1. The minimum absolute atomic E-state index is 0.0980. The van der Waals surface area contributed by atoms with E-state index in [4.69, 9.17) is 0 Å². The van der Waals surface area contributed by atoms with Gasteiger partial charge in [-0.1, -0.05) is 28.1 Å². The minimum atomic E-state index is 0.0980. The van der Waals surface area contributed by atoms with Crippen LogP contribution < -0.4 is 5.32 Å². The van der Waals surface area contributed by atoms with Gasteiger partial charge in [0, 0.05) is 29.4 Å². The van der Waals surface area contributed by atoms with E-state index in [-0.39, 0.29) is 12.1 Å². The SMILES string of the molecule is CC(CCc1ccc(Br)cc1)NC(=O)N1CCCSCC1. The Morgan fingerprint density at radius 2 is 2.10 bits per heavy atom. The number of hydrogen-bond donors (Lipinski definition) is 1. The van der Waals surface area contributed by atoms with Gasteiger partial charge in [-0.15, -0.1) is 0 Å². The van der Waals surface area contributed by atoms with Gasteiger partial charge in [-0.25, -0.2) is 4.79 Å². The minimum Gasteiger partial charge on any atom is -0.336 e. The second-order valence-corrected chi connectivity index (χ2v) is 7.61. The number of halogens is 1. The molecule has 1 aliphatic heterocycles. The van der Waals surface area contributed by atoms with E-state index in [0.29, 0.717) is 0 Å². The van der Waals surface area contributed by atoms with Gasteiger partial charge in [0.1, 0.15) is 0 Å². The Morgan fingerprint density at radius 3 is 2.86 bits per heavy atom. The number of carbonyl (C=O) groups excluding carboxylic acids is 1. The van der Waals surface area contributed by atoms with Gasteiger partial charge in [0.05, 0.1) is 0 Å². The zero-order chi connectivity index (χ0) is 15.1. The Balaban J connectivity index is 1.74. The number of nitrogens with zero attached hydrogens (tertiary/aromatic N) is 1. The molecule has 1 fully saturated rings. The van der Waals surface area contributed by atoms with Gasteiger partial charge in [-0.05, 0) is 49.6 Å². The van der Waals surface area contributed by atoms with E-state index in [1.165, 1.54) is 11.3 Å².